The Morgan fingerprint density at radius 3 is 2.32 bits per heavy atom. The average Bonchev–Trinajstić information content (AvgIpc) is 2.41. The number of rotatable bonds is 14. The first-order chi connectivity index (χ1) is 9.31. The van der Waals surface area contributed by atoms with E-state index in [1.807, 2.05) is 0 Å². The smallest absolute Gasteiger partial charge is 0.332 e. The number of carbonyl (C=O) groups is 1. The van der Waals surface area contributed by atoms with E-state index in [0.717, 1.165) is 31.4 Å². The minimum atomic E-state index is -0.314. The summed E-state index contributed by atoms with van der Waals surface area (Å²) in [7, 11) is 1.62. The van der Waals surface area contributed by atoms with E-state index in [4.69, 9.17) is 18.9 Å². The summed E-state index contributed by atoms with van der Waals surface area (Å²) < 4.78 is 20.1. The fraction of sp³-hybridized carbons (Fsp3) is 0.923. The van der Waals surface area contributed by atoms with Gasteiger partial charge in [-0.25, -0.2) is 4.79 Å². The zero-order valence-electron chi connectivity index (χ0n) is 11.8. The molecule has 0 saturated heterocycles. The van der Waals surface area contributed by atoms with Crippen LogP contribution in [0.3, 0.4) is 0 Å². The fourth-order valence-electron chi connectivity index (χ4n) is 1.31. The first-order valence-corrected chi connectivity index (χ1v) is 7.35. The lowest BCUT2D eigenvalue weighted by molar-refractivity contribution is -0.149. The number of ether oxygens (including phenoxy) is 4. The summed E-state index contributed by atoms with van der Waals surface area (Å²) >= 11 is 4.13. The van der Waals surface area contributed by atoms with Gasteiger partial charge in [0.1, 0.15) is 6.61 Å². The van der Waals surface area contributed by atoms with E-state index in [2.05, 4.69) is 12.6 Å². The van der Waals surface area contributed by atoms with Crippen molar-refractivity contribution in [3.8, 4) is 0 Å². The number of esters is 1. The molecule has 0 fully saturated rings. The summed E-state index contributed by atoms with van der Waals surface area (Å²) in [6, 6.07) is 0. The highest BCUT2D eigenvalue weighted by molar-refractivity contribution is 7.80. The Hall–Kier alpha value is -0.300. The zero-order valence-corrected chi connectivity index (χ0v) is 12.7. The third kappa shape index (κ3) is 15.6. The molecule has 0 rings (SSSR count). The average molecular weight is 294 g/mol. The largest absolute Gasteiger partial charge is 0.464 e. The molecule has 0 saturated carbocycles. The van der Waals surface area contributed by atoms with Crippen molar-refractivity contribution in [1.29, 1.82) is 0 Å². The predicted octanol–water partition coefficient (Wildman–Crippen LogP) is 1.70. The van der Waals surface area contributed by atoms with Gasteiger partial charge in [-0.05, 0) is 18.6 Å². The second-order valence-corrected chi connectivity index (χ2v) is 4.46. The minimum Gasteiger partial charge on any atom is -0.464 e. The Balaban J connectivity index is 3.13. The Bertz CT molecular complexity index is 201. The van der Waals surface area contributed by atoms with Crippen LogP contribution in [0.5, 0.6) is 0 Å². The lowest BCUT2D eigenvalue weighted by atomic mass is 10.2. The third-order valence-electron chi connectivity index (χ3n) is 2.34. The van der Waals surface area contributed by atoms with Gasteiger partial charge in [-0.3, -0.25) is 0 Å². The normalized spacial score (nSPS) is 10.6. The quantitative estimate of drug-likeness (QED) is 0.300. The molecule has 19 heavy (non-hydrogen) atoms. The first kappa shape index (κ1) is 18.7. The van der Waals surface area contributed by atoms with Crippen molar-refractivity contribution in [2.75, 3.05) is 52.5 Å². The van der Waals surface area contributed by atoms with Crippen molar-refractivity contribution in [3.05, 3.63) is 0 Å². The molecule has 0 aromatic rings. The Morgan fingerprint density at radius 1 is 0.895 bits per heavy atom. The second-order valence-electron chi connectivity index (χ2n) is 4.02. The van der Waals surface area contributed by atoms with Crippen LogP contribution in [0.15, 0.2) is 0 Å². The van der Waals surface area contributed by atoms with Crippen molar-refractivity contribution in [2.24, 2.45) is 0 Å². The molecule has 0 radical (unpaired) electrons. The molecular formula is C13H26O5S. The summed E-state index contributed by atoms with van der Waals surface area (Å²) in [6.07, 6.45) is 4.22. The van der Waals surface area contributed by atoms with Crippen LogP contribution in [0.2, 0.25) is 0 Å². The molecule has 0 unspecified atom stereocenters. The first-order valence-electron chi connectivity index (χ1n) is 6.72. The second kappa shape index (κ2) is 15.8. The number of methoxy groups -OCH3 is 1. The van der Waals surface area contributed by atoms with E-state index in [1.165, 1.54) is 0 Å². The van der Waals surface area contributed by atoms with Crippen molar-refractivity contribution in [2.45, 2.75) is 25.7 Å². The van der Waals surface area contributed by atoms with Crippen molar-refractivity contribution in [3.63, 3.8) is 0 Å². The molecule has 0 atom stereocenters. The maximum absolute atomic E-state index is 11.2. The minimum absolute atomic E-state index is 0.00965. The molecule has 0 aromatic carbocycles. The lowest BCUT2D eigenvalue weighted by Gasteiger charge is -2.06. The van der Waals surface area contributed by atoms with E-state index >= 15 is 0 Å². The molecule has 0 aliphatic rings. The molecule has 0 amide bonds. The van der Waals surface area contributed by atoms with Crippen molar-refractivity contribution < 1.29 is 23.7 Å². The maximum Gasteiger partial charge on any atom is 0.332 e. The van der Waals surface area contributed by atoms with Crippen LogP contribution in [0, 0.1) is 0 Å². The van der Waals surface area contributed by atoms with Crippen LogP contribution in [0.4, 0.5) is 0 Å². The monoisotopic (exact) mass is 294 g/mol. The van der Waals surface area contributed by atoms with Gasteiger partial charge in [0.05, 0.1) is 33.0 Å². The van der Waals surface area contributed by atoms with Gasteiger partial charge < -0.3 is 18.9 Å². The van der Waals surface area contributed by atoms with Gasteiger partial charge in [-0.2, -0.15) is 12.6 Å². The Kier molecular flexibility index (Phi) is 15.5. The van der Waals surface area contributed by atoms with Gasteiger partial charge in [0.2, 0.25) is 0 Å². The standard InChI is InChI=1S/C13H26O5S/c1-15-7-8-16-9-10-17-12-13(14)18-6-4-2-3-5-11-19/h19H,2-12H2,1H3. The van der Waals surface area contributed by atoms with Crippen LogP contribution >= 0.6 is 12.6 Å². The Morgan fingerprint density at radius 2 is 1.58 bits per heavy atom. The van der Waals surface area contributed by atoms with Crippen LogP contribution in [-0.2, 0) is 23.7 Å². The summed E-state index contributed by atoms with van der Waals surface area (Å²) in [5.74, 6) is 0.603. The van der Waals surface area contributed by atoms with Gasteiger partial charge in [0.15, 0.2) is 0 Å². The van der Waals surface area contributed by atoms with Crippen LogP contribution in [0.1, 0.15) is 25.7 Å². The summed E-state index contributed by atoms with van der Waals surface area (Å²) in [5.41, 5.74) is 0. The highest BCUT2D eigenvalue weighted by atomic mass is 32.1. The molecule has 0 heterocycles. The highest BCUT2D eigenvalue weighted by Crippen LogP contribution is 2.01. The number of thiol groups is 1. The topological polar surface area (TPSA) is 54.0 Å². The third-order valence-corrected chi connectivity index (χ3v) is 2.66. The lowest BCUT2D eigenvalue weighted by Crippen LogP contribution is -2.16. The highest BCUT2D eigenvalue weighted by Gasteiger charge is 2.02. The molecule has 0 spiro atoms. The van der Waals surface area contributed by atoms with E-state index in [1.54, 1.807) is 7.11 Å². The van der Waals surface area contributed by atoms with E-state index < -0.39 is 0 Å². The number of carbonyl (C=O) groups excluding carboxylic acids is 1. The molecule has 0 N–H and O–H groups in total. The van der Waals surface area contributed by atoms with Gasteiger partial charge in [-0.1, -0.05) is 12.8 Å². The number of hydrogen-bond donors (Lipinski definition) is 1. The SMILES string of the molecule is COCCOCCOCC(=O)OCCCCCCS. The molecular weight excluding hydrogens is 268 g/mol. The van der Waals surface area contributed by atoms with Gasteiger partial charge in [0.25, 0.3) is 0 Å². The summed E-state index contributed by atoms with van der Waals surface area (Å²) in [4.78, 5) is 11.2. The maximum atomic E-state index is 11.2. The molecule has 114 valence electrons. The van der Waals surface area contributed by atoms with E-state index in [9.17, 15) is 4.79 Å². The van der Waals surface area contributed by atoms with Crippen LogP contribution in [0.25, 0.3) is 0 Å². The van der Waals surface area contributed by atoms with Gasteiger partial charge in [-0.15, -0.1) is 0 Å². The Labute approximate surface area is 121 Å². The molecule has 5 nitrogen and oxygen atoms in total. The van der Waals surface area contributed by atoms with E-state index in [-0.39, 0.29) is 12.6 Å². The van der Waals surface area contributed by atoms with Gasteiger partial charge >= 0.3 is 5.97 Å². The predicted molar refractivity (Wildman–Crippen MR) is 76.8 cm³/mol. The number of unbranched alkanes of at least 4 members (excludes halogenated alkanes) is 3. The van der Waals surface area contributed by atoms with Crippen molar-refractivity contribution >= 4 is 18.6 Å². The zero-order chi connectivity index (χ0) is 14.2. The number of hydrogen-bond acceptors (Lipinski definition) is 6. The molecule has 0 aromatic heterocycles. The van der Waals surface area contributed by atoms with Crippen LogP contribution < -0.4 is 0 Å². The molecule has 0 aliphatic carbocycles. The molecule has 0 bridgehead atoms. The van der Waals surface area contributed by atoms with Crippen molar-refractivity contribution in [1.82, 2.24) is 0 Å². The fourth-order valence-corrected chi connectivity index (χ4v) is 1.54. The van der Waals surface area contributed by atoms with E-state index in [0.29, 0.717) is 33.0 Å². The molecule has 0 aliphatic heterocycles. The van der Waals surface area contributed by atoms with Crippen LogP contribution in [-0.4, -0.2) is 58.5 Å². The van der Waals surface area contributed by atoms with Gasteiger partial charge in [0, 0.05) is 7.11 Å². The summed E-state index contributed by atoms with van der Waals surface area (Å²) in [6.45, 7) is 2.41. The molecule has 6 heteroatoms. The summed E-state index contributed by atoms with van der Waals surface area (Å²) in [5, 5.41) is 0.